The Hall–Kier alpha value is -0.820. The maximum atomic E-state index is 2.44. The topological polar surface area (TPSA) is 4.44 Å². The van der Waals surface area contributed by atoms with Crippen LogP contribution >= 0.6 is 0 Å². The number of benzene rings is 1. The normalized spacial score (nSPS) is 11.6. The molecule has 0 fully saturated rings. The van der Waals surface area contributed by atoms with Crippen LogP contribution in [-0.2, 0) is 6.42 Å². The molecule has 1 N–H and O–H groups in total. The Balaban J connectivity index is 2.26. The van der Waals surface area contributed by atoms with Crippen molar-refractivity contribution in [2.75, 3.05) is 13.1 Å². The molecular formula is C36H68N+. The molecule has 0 radical (unpaired) electrons. The molecule has 0 aromatic heterocycles. The molecule has 216 valence electrons. The van der Waals surface area contributed by atoms with Gasteiger partial charge in [-0.15, -0.1) is 0 Å². The van der Waals surface area contributed by atoms with Crippen molar-refractivity contribution in [3.63, 3.8) is 0 Å². The molecule has 0 aliphatic carbocycles. The number of rotatable bonds is 28. The standard InChI is InChI=1S/C36H67N/c1-4-7-10-12-14-16-18-20-22-24-26-33-37(36-31-29-35(30-32-36)28-9-6-3)34-27-25-23-21-19-17-15-13-11-8-5-2/h29-32H,4-28,33-34H2,1-3H3/p+1. The fraction of sp³-hybridized carbons (Fsp3) is 0.833. The average Bonchev–Trinajstić information content (AvgIpc) is 2.92. The molecule has 1 aromatic rings. The lowest BCUT2D eigenvalue weighted by atomic mass is 10.0. The van der Waals surface area contributed by atoms with E-state index >= 15 is 0 Å². The first-order chi connectivity index (χ1) is 18.3. The Bertz CT molecular complexity index is 537. The van der Waals surface area contributed by atoms with Gasteiger partial charge in [-0.05, 0) is 56.2 Å². The summed E-state index contributed by atoms with van der Waals surface area (Å²) in [6.45, 7) is 9.56. The summed E-state index contributed by atoms with van der Waals surface area (Å²) in [7, 11) is 0. The van der Waals surface area contributed by atoms with Gasteiger partial charge in [0, 0.05) is 0 Å². The smallest absolute Gasteiger partial charge is 0.131 e. The van der Waals surface area contributed by atoms with Crippen molar-refractivity contribution in [3.05, 3.63) is 29.8 Å². The summed E-state index contributed by atoms with van der Waals surface area (Å²) in [4.78, 5) is 1.74. The molecule has 0 saturated carbocycles. The van der Waals surface area contributed by atoms with Gasteiger partial charge in [0.05, 0.1) is 13.1 Å². The number of aryl methyl sites for hydroxylation is 1. The van der Waals surface area contributed by atoms with Crippen LogP contribution in [0.25, 0.3) is 0 Å². The largest absolute Gasteiger partial charge is 0.302 e. The van der Waals surface area contributed by atoms with Crippen molar-refractivity contribution in [3.8, 4) is 0 Å². The molecule has 1 nitrogen and oxygen atoms in total. The number of hydrogen-bond acceptors (Lipinski definition) is 0. The summed E-state index contributed by atoms with van der Waals surface area (Å²) < 4.78 is 0. The number of quaternary nitrogens is 1. The van der Waals surface area contributed by atoms with E-state index in [2.05, 4.69) is 45.0 Å². The summed E-state index contributed by atoms with van der Waals surface area (Å²) in [5.41, 5.74) is 3.06. The highest BCUT2D eigenvalue weighted by Gasteiger charge is 2.12. The molecule has 1 rings (SSSR count). The van der Waals surface area contributed by atoms with Crippen molar-refractivity contribution >= 4 is 5.69 Å². The fourth-order valence-corrected chi connectivity index (χ4v) is 5.71. The fourth-order valence-electron chi connectivity index (χ4n) is 5.71. The Kier molecular flexibility index (Phi) is 24.8. The van der Waals surface area contributed by atoms with Gasteiger partial charge in [-0.1, -0.05) is 155 Å². The van der Waals surface area contributed by atoms with E-state index in [9.17, 15) is 0 Å². The van der Waals surface area contributed by atoms with Crippen LogP contribution in [0, 0.1) is 0 Å². The molecule has 0 spiro atoms. The zero-order valence-electron chi connectivity index (χ0n) is 25.9. The van der Waals surface area contributed by atoms with Gasteiger partial charge in [-0.2, -0.15) is 0 Å². The second-order valence-corrected chi connectivity index (χ2v) is 12.0. The van der Waals surface area contributed by atoms with Gasteiger partial charge in [-0.25, -0.2) is 0 Å². The lowest BCUT2D eigenvalue weighted by Crippen LogP contribution is -3.07. The highest BCUT2D eigenvalue weighted by atomic mass is 15.1. The Labute approximate surface area is 234 Å². The molecule has 0 amide bonds. The van der Waals surface area contributed by atoms with Crippen LogP contribution in [0.3, 0.4) is 0 Å². The monoisotopic (exact) mass is 515 g/mol. The van der Waals surface area contributed by atoms with Crippen LogP contribution in [0.15, 0.2) is 24.3 Å². The predicted molar refractivity (Wildman–Crippen MR) is 168 cm³/mol. The van der Waals surface area contributed by atoms with Crippen LogP contribution in [0.1, 0.15) is 180 Å². The van der Waals surface area contributed by atoms with Crippen molar-refractivity contribution in [2.45, 2.75) is 181 Å². The summed E-state index contributed by atoms with van der Waals surface area (Å²) >= 11 is 0. The SMILES string of the molecule is CCCCCCCCCCCCC[NH+](CCCCCCCCCCCCC)c1ccc(CCCC)cc1. The van der Waals surface area contributed by atoms with Gasteiger partial charge in [0.1, 0.15) is 5.69 Å². The lowest BCUT2D eigenvalue weighted by molar-refractivity contribution is -0.833. The first-order valence-electron chi connectivity index (χ1n) is 17.3. The minimum Gasteiger partial charge on any atom is -0.302 e. The highest BCUT2D eigenvalue weighted by molar-refractivity contribution is 5.32. The van der Waals surface area contributed by atoms with E-state index in [1.165, 1.54) is 179 Å². The number of hydrogen-bond donors (Lipinski definition) is 1. The molecule has 0 heterocycles. The number of unbranched alkanes of at least 4 members (excludes halogenated alkanes) is 21. The van der Waals surface area contributed by atoms with Gasteiger partial charge >= 0.3 is 0 Å². The molecule has 0 aliphatic rings. The predicted octanol–water partition coefficient (Wildman–Crippen LogP) is 11.2. The second kappa shape index (κ2) is 26.8. The average molecular weight is 515 g/mol. The van der Waals surface area contributed by atoms with Gasteiger partial charge in [0.25, 0.3) is 0 Å². The lowest BCUT2D eigenvalue weighted by Gasteiger charge is -2.20. The van der Waals surface area contributed by atoms with Gasteiger partial charge < -0.3 is 4.90 Å². The summed E-state index contributed by atoms with van der Waals surface area (Å²) in [5.74, 6) is 0. The van der Waals surface area contributed by atoms with E-state index < -0.39 is 0 Å². The van der Waals surface area contributed by atoms with Crippen molar-refractivity contribution in [1.82, 2.24) is 0 Å². The third-order valence-corrected chi connectivity index (χ3v) is 8.35. The van der Waals surface area contributed by atoms with Gasteiger partial charge in [0.15, 0.2) is 0 Å². The maximum absolute atomic E-state index is 2.44. The van der Waals surface area contributed by atoms with Crippen LogP contribution in [-0.4, -0.2) is 13.1 Å². The molecule has 1 aromatic carbocycles. The first-order valence-corrected chi connectivity index (χ1v) is 17.3. The van der Waals surface area contributed by atoms with Crippen molar-refractivity contribution in [1.29, 1.82) is 0 Å². The molecule has 0 aliphatic heterocycles. The summed E-state index contributed by atoms with van der Waals surface area (Å²) in [6.07, 6.45) is 35.4. The number of nitrogens with one attached hydrogen (secondary N) is 1. The van der Waals surface area contributed by atoms with Gasteiger partial charge in [0.2, 0.25) is 0 Å². The second-order valence-electron chi connectivity index (χ2n) is 12.0. The summed E-state index contributed by atoms with van der Waals surface area (Å²) in [6, 6.07) is 9.70. The van der Waals surface area contributed by atoms with Crippen LogP contribution in [0.5, 0.6) is 0 Å². The molecule has 0 bridgehead atoms. The van der Waals surface area contributed by atoms with Crippen LogP contribution in [0.4, 0.5) is 5.69 Å². The Morgan fingerprint density at radius 1 is 0.378 bits per heavy atom. The van der Waals surface area contributed by atoms with E-state index in [-0.39, 0.29) is 0 Å². The minimum absolute atomic E-state index is 1.24. The summed E-state index contributed by atoms with van der Waals surface area (Å²) in [5, 5.41) is 0. The van der Waals surface area contributed by atoms with Gasteiger partial charge in [-0.3, -0.25) is 0 Å². The Morgan fingerprint density at radius 3 is 1.05 bits per heavy atom. The maximum Gasteiger partial charge on any atom is 0.131 e. The first kappa shape index (κ1) is 34.2. The third-order valence-electron chi connectivity index (χ3n) is 8.35. The van der Waals surface area contributed by atoms with E-state index in [1.807, 2.05) is 0 Å². The quantitative estimate of drug-likeness (QED) is 0.106. The van der Waals surface area contributed by atoms with E-state index in [4.69, 9.17) is 0 Å². The van der Waals surface area contributed by atoms with E-state index in [1.54, 1.807) is 10.6 Å². The van der Waals surface area contributed by atoms with E-state index in [0.717, 1.165) is 0 Å². The van der Waals surface area contributed by atoms with Crippen LogP contribution in [0.2, 0.25) is 0 Å². The Morgan fingerprint density at radius 2 is 0.703 bits per heavy atom. The van der Waals surface area contributed by atoms with E-state index in [0.29, 0.717) is 0 Å². The van der Waals surface area contributed by atoms with Crippen molar-refractivity contribution in [2.24, 2.45) is 0 Å². The molecule has 0 saturated heterocycles. The molecule has 0 atom stereocenters. The third kappa shape index (κ3) is 20.8. The zero-order chi connectivity index (χ0) is 26.7. The van der Waals surface area contributed by atoms with Crippen LogP contribution < -0.4 is 4.90 Å². The van der Waals surface area contributed by atoms with Crippen molar-refractivity contribution < 1.29 is 4.90 Å². The molecule has 37 heavy (non-hydrogen) atoms. The minimum atomic E-state index is 1.24. The zero-order valence-corrected chi connectivity index (χ0v) is 25.9. The molecule has 1 heteroatoms. The molecular weight excluding hydrogens is 446 g/mol. The molecule has 0 unspecified atom stereocenters. The highest BCUT2D eigenvalue weighted by Crippen LogP contribution is 2.13.